The first kappa shape index (κ1) is 12.6. The van der Waals surface area contributed by atoms with Gasteiger partial charge in [-0.3, -0.25) is 4.90 Å². The summed E-state index contributed by atoms with van der Waals surface area (Å²) >= 11 is 0. The van der Waals surface area contributed by atoms with E-state index in [4.69, 9.17) is 0 Å². The van der Waals surface area contributed by atoms with Gasteiger partial charge >= 0.3 is 0 Å². The predicted octanol–water partition coefficient (Wildman–Crippen LogP) is 2.36. The van der Waals surface area contributed by atoms with Gasteiger partial charge in [-0.2, -0.15) is 0 Å². The van der Waals surface area contributed by atoms with Gasteiger partial charge in [0, 0.05) is 6.54 Å². The van der Waals surface area contributed by atoms with E-state index in [1.165, 1.54) is 5.56 Å². The molecule has 0 bridgehead atoms. The Labute approximate surface area is 96.8 Å². The average Bonchev–Trinajstić information content (AvgIpc) is 2.34. The fourth-order valence-corrected chi connectivity index (χ4v) is 1.67. The fourth-order valence-electron chi connectivity index (χ4n) is 1.67. The van der Waals surface area contributed by atoms with Gasteiger partial charge in [-0.05, 0) is 24.2 Å². The minimum absolute atomic E-state index is 0.431. The summed E-state index contributed by atoms with van der Waals surface area (Å²) in [6.45, 7) is 7.70. The van der Waals surface area contributed by atoms with Crippen LogP contribution in [0.1, 0.15) is 25.0 Å². The van der Waals surface area contributed by atoms with Crippen molar-refractivity contribution in [3.63, 3.8) is 0 Å². The number of isocyanates is 1. The molecule has 0 fully saturated rings. The second-order valence-electron chi connectivity index (χ2n) is 3.64. The zero-order valence-corrected chi connectivity index (χ0v) is 9.94. The summed E-state index contributed by atoms with van der Waals surface area (Å²) in [6, 6.07) is 8.10. The van der Waals surface area contributed by atoms with E-state index in [9.17, 15) is 4.79 Å². The number of rotatable bonds is 6. The Morgan fingerprint density at radius 2 is 1.81 bits per heavy atom. The van der Waals surface area contributed by atoms with E-state index in [0.29, 0.717) is 6.54 Å². The first-order chi connectivity index (χ1) is 7.81. The van der Waals surface area contributed by atoms with Gasteiger partial charge < -0.3 is 0 Å². The molecule has 0 aliphatic carbocycles. The molecule has 0 N–H and O–H groups in total. The lowest BCUT2D eigenvalue weighted by atomic mass is 10.1. The third-order valence-electron chi connectivity index (χ3n) is 2.72. The Morgan fingerprint density at radius 1 is 1.19 bits per heavy atom. The van der Waals surface area contributed by atoms with E-state index >= 15 is 0 Å². The Hall–Kier alpha value is -1.44. The van der Waals surface area contributed by atoms with Crippen LogP contribution in [0.15, 0.2) is 29.3 Å². The van der Waals surface area contributed by atoms with Crippen molar-refractivity contribution in [3.8, 4) is 0 Å². The molecule has 1 rings (SSSR count). The van der Waals surface area contributed by atoms with Crippen molar-refractivity contribution in [1.82, 2.24) is 4.90 Å². The highest BCUT2D eigenvalue weighted by atomic mass is 16.1. The Kier molecular flexibility index (Phi) is 5.48. The molecular weight excluding hydrogens is 200 g/mol. The summed E-state index contributed by atoms with van der Waals surface area (Å²) in [5, 5.41) is 0. The summed E-state index contributed by atoms with van der Waals surface area (Å²) in [4.78, 5) is 16.1. The number of benzene rings is 1. The molecule has 1 aromatic carbocycles. The Morgan fingerprint density at radius 3 is 2.38 bits per heavy atom. The summed E-state index contributed by atoms with van der Waals surface area (Å²) in [7, 11) is 0. The molecule has 0 heterocycles. The molecule has 0 amide bonds. The van der Waals surface area contributed by atoms with Crippen molar-refractivity contribution < 1.29 is 4.79 Å². The molecular formula is C13H18N2O. The molecule has 1 aromatic rings. The Balaban J connectivity index is 2.81. The van der Waals surface area contributed by atoms with Crippen molar-refractivity contribution >= 4 is 6.08 Å². The van der Waals surface area contributed by atoms with Crippen molar-refractivity contribution in [2.45, 2.75) is 26.9 Å². The average molecular weight is 218 g/mol. The van der Waals surface area contributed by atoms with Gasteiger partial charge in [0.05, 0.1) is 6.54 Å². The molecule has 0 radical (unpaired) electrons. The van der Waals surface area contributed by atoms with Crippen molar-refractivity contribution in [2.75, 3.05) is 13.1 Å². The summed E-state index contributed by atoms with van der Waals surface area (Å²) in [5.74, 6) is 0. The molecule has 0 saturated carbocycles. The van der Waals surface area contributed by atoms with Gasteiger partial charge in [-0.15, -0.1) is 0 Å². The topological polar surface area (TPSA) is 32.7 Å². The number of hydrogen-bond acceptors (Lipinski definition) is 3. The lowest BCUT2D eigenvalue weighted by Crippen LogP contribution is -2.22. The van der Waals surface area contributed by atoms with Gasteiger partial charge in [-0.1, -0.05) is 38.1 Å². The van der Waals surface area contributed by atoms with Crippen LogP contribution in [-0.4, -0.2) is 24.1 Å². The zero-order valence-electron chi connectivity index (χ0n) is 9.94. The van der Waals surface area contributed by atoms with Crippen LogP contribution in [0.5, 0.6) is 0 Å². The molecule has 3 heteroatoms. The number of nitrogens with zero attached hydrogens (tertiary/aromatic N) is 2. The summed E-state index contributed by atoms with van der Waals surface area (Å²) in [6.07, 6.45) is 1.59. The largest absolute Gasteiger partial charge is 0.300 e. The fraction of sp³-hybridized carbons (Fsp3) is 0.462. The molecule has 86 valence electrons. The minimum atomic E-state index is 0.431. The number of aliphatic imine (C=N–C) groups is 1. The van der Waals surface area contributed by atoms with E-state index < -0.39 is 0 Å². The maximum Gasteiger partial charge on any atom is 0.235 e. The Bertz CT molecular complexity index is 366. The monoisotopic (exact) mass is 218 g/mol. The standard InChI is InChI=1S/C13H18N2O/c1-3-15(4-2)10-13-8-6-5-7-12(13)9-14-11-16/h5-8H,3-4,9-10H2,1-2H3. The van der Waals surface area contributed by atoms with Crippen LogP contribution >= 0.6 is 0 Å². The maximum atomic E-state index is 10.1. The van der Waals surface area contributed by atoms with Crippen molar-refractivity contribution in [2.24, 2.45) is 4.99 Å². The zero-order chi connectivity index (χ0) is 11.8. The molecule has 0 spiro atoms. The van der Waals surface area contributed by atoms with Crippen LogP contribution in [0.2, 0.25) is 0 Å². The minimum Gasteiger partial charge on any atom is -0.300 e. The van der Waals surface area contributed by atoms with Gasteiger partial charge in [-0.25, -0.2) is 9.79 Å². The van der Waals surface area contributed by atoms with Crippen LogP contribution in [0, 0.1) is 0 Å². The second-order valence-corrected chi connectivity index (χ2v) is 3.64. The number of carbonyl (C=O) groups excluding carboxylic acids is 1. The van der Waals surface area contributed by atoms with Crippen molar-refractivity contribution in [1.29, 1.82) is 0 Å². The third kappa shape index (κ3) is 3.61. The van der Waals surface area contributed by atoms with Gasteiger partial charge in [0.2, 0.25) is 6.08 Å². The lowest BCUT2D eigenvalue weighted by molar-refractivity contribution is 0.295. The van der Waals surface area contributed by atoms with Crippen LogP contribution in [-0.2, 0) is 17.9 Å². The van der Waals surface area contributed by atoms with Crippen LogP contribution in [0.3, 0.4) is 0 Å². The van der Waals surface area contributed by atoms with Gasteiger partial charge in [0.25, 0.3) is 0 Å². The smallest absolute Gasteiger partial charge is 0.235 e. The molecule has 0 atom stereocenters. The van der Waals surface area contributed by atoms with E-state index in [1.54, 1.807) is 6.08 Å². The van der Waals surface area contributed by atoms with E-state index in [-0.39, 0.29) is 0 Å². The predicted molar refractivity (Wildman–Crippen MR) is 64.9 cm³/mol. The number of hydrogen-bond donors (Lipinski definition) is 0. The molecule has 3 nitrogen and oxygen atoms in total. The van der Waals surface area contributed by atoms with Crippen LogP contribution < -0.4 is 0 Å². The SMILES string of the molecule is CCN(CC)Cc1ccccc1CN=C=O. The molecule has 0 saturated heterocycles. The quantitative estimate of drug-likeness (QED) is 0.542. The highest BCUT2D eigenvalue weighted by Gasteiger charge is 2.05. The van der Waals surface area contributed by atoms with Gasteiger partial charge in [0.15, 0.2) is 0 Å². The lowest BCUT2D eigenvalue weighted by Gasteiger charge is -2.19. The third-order valence-corrected chi connectivity index (χ3v) is 2.72. The molecule has 16 heavy (non-hydrogen) atoms. The van der Waals surface area contributed by atoms with Crippen LogP contribution in [0.4, 0.5) is 0 Å². The van der Waals surface area contributed by atoms with Gasteiger partial charge in [0.1, 0.15) is 0 Å². The second kappa shape index (κ2) is 6.94. The summed E-state index contributed by atoms with van der Waals surface area (Å²) in [5.41, 5.74) is 2.35. The van der Waals surface area contributed by atoms with E-state index in [2.05, 4.69) is 29.8 Å². The molecule has 0 aliphatic heterocycles. The molecule has 0 unspecified atom stereocenters. The molecule has 0 aliphatic rings. The first-order valence-corrected chi connectivity index (χ1v) is 5.64. The summed E-state index contributed by atoms with van der Waals surface area (Å²) < 4.78 is 0. The van der Waals surface area contributed by atoms with E-state index in [1.807, 2.05) is 18.2 Å². The highest BCUT2D eigenvalue weighted by molar-refractivity contribution is 5.35. The maximum absolute atomic E-state index is 10.1. The van der Waals surface area contributed by atoms with Crippen molar-refractivity contribution in [3.05, 3.63) is 35.4 Å². The highest BCUT2D eigenvalue weighted by Crippen LogP contribution is 2.12. The molecule has 0 aromatic heterocycles. The van der Waals surface area contributed by atoms with Crippen LogP contribution in [0.25, 0.3) is 0 Å². The van der Waals surface area contributed by atoms with E-state index in [0.717, 1.165) is 25.2 Å². The normalized spacial score (nSPS) is 10.2. The first-order valence-electron chi connectivity index (χ1n) is 5.64.